The second kappa shape index (κ2) is 6.14. The third-order valence-electron chi connectivity index (χ3n) is 2.35. The van der Waals surface area contributed by atoms with Crippen LogP contribution in [0.1, 0.15) is 49.6 Å². The molecule has 0 unspecified atom stereocenters. The number of rotatable bonds is 6. The zero-order chi connectivity index (χ0) is 9.52. The molecule has 0 saturated carbocycles. The molecule has 0 bridgehead atoms. The van der Waals surface area contributed by atoms with Crippen LogP contribution in [0.15, 0.2) is 5.51 Å². The Morgan fingerprint density at radius 3 is 2.62 bits per heavy atom. The van der Waals surface area contributed by atoms with Gasteiger partial charge in [-0.3, -0.25) is 0 Å². The molecule has 1 heterocycles. The quantitative estimate of drug-likeness (QED) is 0.629. The number of aromatic nitrogens is 1. The Labute approximate surface area is 85.2 Å². The zero-order valence-corrected chi connectivity index (χ0v) is 9.49. The molecule has 1 aromatic rings. The predicted octanol–water partition coefficient (Wildman–Crippen LogP) is 3.96. The highest BCUT2D eigenvalue weighted by Gasteiger charge is 1.99. The monoisotopic (exact) mass is 197 g/mol. The summed E-state index contributed by atoms with van der Waals surface area (Å²) >= 11 is 1.80. The minimum Gasteiger partial charge on any atom is -0.250 e. The Bertz CT molecular complexity index is 230. The van der Waals surface area contributed by atoms with Crippen LogP contribution >= 0.6 is 11.3 Å². The van der Waals surface area contributed by atoms with Crippen LogP contribution < -0.4 is 0 Å². The van der Waals surface area contributed by atoms with E-state index in [0.717, 1.165) is 0 Å². The molecule has 0 aliphatic heterocycles. The molecule has 0 aromatic carbocycles. The number of thiazole rings is 1. The normalized spacial score (nSPS) is 10.6. The summed E-state index contributed by atoms with van der Waals surface area (Å²) in [6, 6.07) is 0. The number of nitrogens with zero attached hydrogens (tertiary/aromatic N) is 1. The average Bonchev–Trinajstić information content (AvgIpc) is 2.52. The maximum absolute atomic E-state index is 4.25. The highest BCUT2D eigenvalue weighted by atomic mass is 32.1. The van der Waals surface area contributed by atoms with Crippen molar-refractivity contribution in [1.82, 2.24) is 4.98 Å². The van der Waals surface area contributed by atoms with Gasteiger partial charge in [0.1, 0.15) is 0 Å². The van der Waals surface area contributed by atoms with E-state index in [9.17, 15) is 0 Å². The van der Waals surface area contributed by atoms with Crippen LogP contribution in [-0.4, -0.2) is 4.98 Å². The Morgan fingerprint density at radius 2 is 2.00 bits per heavy atom. The number of hydrogen-bond donors (Lipinski definition) is 0. The third kappa shape index (κ3) is 3.90. The van der Waals surface area contributed by atoms with Crippen LogP contribution in [0, 0.1) is 6.92 Å². The van der Waals surface area contributed by atoms with Crippen LogP contribution in [-0.2, 0) is 6.42 Å². The van der Waals surface area contributed by atoms with Gasteiger partial charge in [0.2, 0.25) is 0 Å². The molecule has 1 aromatic heterocycles. The van der Waals surface area contributed by atoms with Gasteiger partial charge in [-0.15, -0.1) is 11.3 Å². The largest absolute Gasteiger partial charge is 0.250 e. The van der Waals surface area contributed by atoms with E-state index < -0.39 is 0 Å². The van der Waals surface area contributed by atoms with Gasteiger partial charge >= 0.3 is 0 Å². The van der Waals surface area contributed by atoms with E-state index >= 15 is 0 Å². The van der Waals surface area contributed by atoms with Crippen molar-refractivity contribution in [3.63, 3.8) is 0 Å². The number of hydrogen-bond acceptors (Lipinski definition) is 2. The van der Waals surface area contributed by atoms with Gasteiger partial charge in [0.05, 0.1) is 11.2 Å². The molecule has 0 radical (unpaired) electrons. The van der Waals surface area contributed by atoms with E-state index in [4.69, 9.17) is 0 Å². The van der Waals surface area contributed by atoms with Crippen LogP contribution in [0.4, 0.5) is 0 Å². The van der Waals surface area contributed by atoms with Crippen molar-refractivity contribution in [2.75, 3.05) is 0 Å². The second-order valence-electron chi connectivity index (χ2n) is 3.53. The van der Waals surface area contributed by atoms with Crippen molar-refractivity contribution in [2.45, 2.75) is 52.4 Å². The first-order valence-corrected chi connectivity index (χ1v) is 6.11. The highest BCUT2D eigenvalue weighted by Crippen LogP contribution is 2.16. The van der Waals surface area contributed by atoms with Crippen LogP contribution in [0.2, 0.25) is 0 Å². The first-order chi connectivity index (χ1) is 6.34. The van der Waals surface area contributed by atoms with Gasteiger partial charge in [-0.2, -0.15) is 0 Å². The van der Waals surface area contributed by atoms with Crippen LogP contribution in [0.3, 0.4) is 0 Å². The van der Waals surface area contributed by atoms with E-state index in [1.807, 2.05) is 5.51 Å². The summed E-state index contributed by atoms with van der Waals surface area (Å²) in [5, 5.41) is 0. The van der Waals surface area contributed by atoms with Crippen LogP contribution in [0.5, 0.6) is 0 Å². The fourth-order valence-electron chi connectivity index (χ4n) is 1.46. The summed E-state index contributed by atoms with van der Waals surface area (Å²) in [5.74, 6) is 0. The molecule has 1 nitrogen and oxygen atoms in total. The van der Waals surface area contributed by atoms with Crippen molar-refractivity contribution in [1.29, 1.82) is 0 Å². The molecule has 0 aliphatic rings. The van der Waals surface area contributed by atoms with Gasteiger partial charge in [0.15, 0.2) is 0 Å². The lowest BCUT2D eigenvalue weighted by atomic mass is 10.1. The van der Waals surface area contributed by atoms with Crippen molar-refractivity contribution in [2.24, 2.45) is 0 Å². The van der Waals surface area contributed by atoms with E-state index in [2.05, 4.69) is 18.8 Å². The number of unbranched alkanes of at least 4 members (excludes halogenated alkanes) is 4. The molecular weight excluding hydrogens is 178 g/mol. The fourth-order valence-corrected chi connectivity index (χ4v) is 2.28. The van der Waals surface area contributed by atoms with Gasteiger partial charge in [-0.1, -0.05) is 32.6 Å². The van der Waals surface area contributed by atoms with Gasteiger partial charge < -0.3 is 0 Å². The molecule has 13 heavy (non-hydrogen) atoms. The Kier molecular flexibility index (Phi) is 5.06. The minimum atomic E-state index is 1.24. The molecule has 0 amide bonds. The lowest BCUT2D eigenvalue weighted by Gasteiger charge is -1.98. The maximum Gasteiger partial charge on any atom is 0.0797 e. The maximum atomic E-state index is 4.25. The molecule has 0 aliphatic carbocycles. The predicted molar refractivity (Wildman–Crippen MR) is 59.3 cm³/mol. The molecular formula is C11H19NS. The Balaban J connectivity index is 2.10. The van der Waals surface area contributed by atoms with Crippen molar-refractivity contribution < 1.29 is 0 Å². The molecule has 2 heteroatoms. The Morgan fingerprint density at radius 1 is 1.23 bits per heavy atom. The second-order valence-corrected chi connectivity index (χ2v) is 4.46. The lowest BCUT2D eigenvalue weighted by Crippen LogP contribution is -1.85. The smallest absolute Gasteiger partial charge is 0.0797 e. The zero-order valence-electron chi connectivity index (χ0n) is 8.68. The Hall–Kier alpha value is -0.370. The van der Waals surface area contributed by atoms with E-state index in [0.29, 0.717) is 0 Å². The van der Waals surface area contributed by atoms with E-state index in [1.54, 1.807) is 11.3 Å². The average molecular weight is 197 g/mol. The highest BCUT2D eigenvalue weighted by molar-refractivity contribution is 7.09. The van der Waals surface area contributed by atoms with E-state index in [1.165, 1.54) is 49.1 Å². The summed E-state index contributed by atoms with van der Waals surface area (Å²) < 4.78 is 0. The standard InChI is InChI=1S/C11H19NS/c1-3-4-5-6-7-8-11-10(2)12-9-13-11/h9H,3-8H2,1-2H3. The summed E-state index contributed by atoms with van der Waals surface area (Å²) in [7, 11) is 0. The van der Waals surface area contributed by atoms with Gasteiger partial charge in [-0.25, -0.2) is 4.98 Å². The van der Waals surface area contributed by atoms with Gasteiger partial charge in [-0.05, 0) is 19.8 Å². The molecule has 0 atom stereocenters. The molecule has 74 valence electrons. The molecule has 0 fully saturated rings. The molecule has 1 rings (SSSR count). The van der Waals surface area contributed by atoms with Crippen molar-refractivity contribution >= 4 is 11.3 Å². The molecule has 0 saturated heterocycles. The summed E-state index contributed by atoms with van der Waals surface area (Å²) in [6.07, 6.45) is 8.07. The topological polar surface area (TPSA) is 12.9 Å². The fraction of sp³-hybridized carbons (Fsp3) is 0.727. The SMILES string of the molecule is CCCCCCCc1scnc1C. The van der Waals surface area contributed by atoms with Crippen molar-refractivity contribution in [3.05, 3.63) is 16.1 Å². The van der Waals surface area contributed by atoms with E-state index in [-0.39, 0.29) is 0 Å². The minimum absolute atomic E-state index is 1.24. The number of aryl methyl sites for hydroxylation is 2. The first-order valence-electron chi connectivity index (χ1n) is 5.23. The lowest BCUT2D eigenvalue weighted by molar-refractivity contribution is 0.633. The van der Waals surface area contributed by atoms with Gasteiger partial charge in [0.25, 0.3) is 0 Å². The molecule has 0 N–H and O–H groups in total. The van der Waals surface area contributed by atoms with Crippen LogP contribution in [0.25, 0.3) is 0 Å². The third-order valence-corrected chi connectivity index (χ3v) is 3.35. The van der Waals surface area contributed by atoms with Crippen molar-refractivity contribution in [3.8, 4) is 0 Å². The summed E-state index contributed by atoms with van der Waals surface area (Å²) in [4.78, 5) is 5.73. The van der Waals surface area contributed by atoms with Gasteiger partial charge in [0, 0.05) is 4.88 Å². The first kappa shape index (κ1) is 10.7. The summed E-state index contributed by atoms with van der Waals surface area (Å²) in [6.45, 7) is 4.37. The summed E-state index contributed by atoms with van der Waals surface area (Å²) in [5.41, 5.74) is 3.19. The molecule has 0 spiro atoms.